The summed E-state index contributed by atoms with van der Waals surface area (Å²) >= 11 is 0. The largest absolute Gasteiger partial charge is 0.497 e. The number of fused-ring (bicyclic) bond motifs is 2. The molecule has 1 aliphatic carbocycles. The number of esters is 1. The Hall–Kier alpha value is -2.04. The number of ether oxygens (including phenoxy) is 3. The van der Waals surface area contributed by atoms with Gasteiger partial charge in [0.15, 0.2) is 5.78 Å². The summed E-state index contributed by atoms with van der Waals surface area (Å²) in [7, 11) is 2.82. The van der Waals surface area contributed by atoms with Crippen LogP contribution in [-0.4, -0.2) is 31.6 Å². The van der Waals surface area contributed by atoms with Gasteiger partial charge in [-0.1, -0.05) is 0 Å². The topological polar surface area (TPSA) is 61.8 Å². The molecular weight excluding hydrogens is 236 g/mol. The summed E-state index contributed by atoms with van der Waals surface area (Å²) < 4.78 is 15.5. The molecule has 5 heteroatoms. The third-order valence-corrected chi connectivity index (χ3v) is 3.50. The maximum Gasteiger partial charge on any atom is 0.351 e. The van der Waals surface area contributed by atoms with Gasteiger partial charge in [-0.3, -0.25) is 4.79 Å². The molecule has 1 aromatic carbocycles. The summed E-state index contributed by atoms with van der Waals surface area (Å²) in [5.74, 6) is 0.00336. The van der Waals surface area contributed by atoms with Crippen LogP contribution in [0.3, 0.4) is 0 Å². The average Bonchev–Trinajstić information content (AvgIpc) is 3.13. The van der Waals surface area contributed by atoms with E-state index < -0.39 is 17.5 Å². The van der Waals surface area contributed by atoms with Crippen LogP contribution in [0.15, 0.2) is 18.2 Å². The lowest BCUT2D eigenvalue weighted by atomic mass is 10.0. The normalized spacial score (nSPS) is 27.7. The molecule has 2 aliphatic rings. The minimum absolute atomic E-state index is 0.0655. The molecule has 5 nitrogen and oxygen atoms in total. The van der Waals surface area contributed by atoms with E-state index in [2.05, 4.69) is 0 Å². The highest BCUT2D eigenvalue weighted by atomic mass is 16.6. The molecule has 2 atom stereocenters. The fourth-order valence-corrected chi connectivity index (χ4v) is 2.40. The van der Waals surface area contributed by atoms with Gasteiger partial charge < -0.3 is 14.2 Å². The Morgan fingerprint density at radius 3 is 2.89 bits per heavy atom. The zero-order valence-electron chi connectivity index (χ0n) is 10.1. The van der Waals surface area contributed by atoms with E-state index in [0.717, 1.165) is 0 Å². The van der Waals surface area contributed by atoms with Crippen molar-refractivity contribution in [2.75, 3.05) is 14.2 Å². The zero-order valence-corrected chi connectivity index (χ0v) is 10.1. The van der Waals surface area contributed by atoms with Crippen molar-refractivity contribution in [3.8, 4) is 11.5 Å². The SMILES string of the molecule is COC(=O)C12CC1C(=O)c1ccc(OC)cc1O2. The van der Waals surface area contributed by atoms with E-state index in [0.29, 0.717) is 23.5 Å². The number of Topliss-reactive ketones (excluding diaryl/α,β-unsaturated/α-hetero) is 1. The van der Waals surface area contributed by atoms with Crippen LogP contribution in [0.2, 0.25) is 0 Å². The molecule has 0 N–H and O–H groups in total. The summed E-state index contributed by atoms with van der Waals surface area (Å²) in [6, 6.07) is 4.98. The standard InChI is InChI=1S/C13H12O5/c1-16-7-3-4-8-10(5-7)18-13(12(15)17-2)6-9(13)11(8)14/h3-5,9H,6H2,1-2H3. The van der Waals surface area contributed by atoms with Crippen LogP contribution in [-0.2, 0) is 9.53 Å². The van der Waals surface area contributed by atoms with Crippen LogP contribution in [0.5, 0.6) is 11.5 Å². The van der Waals surface area contributed by atoms with Gasteiger partial charge in [0.05, 0.1) is 25.7 Å². The van der Waals surface area contributed by atoms with Gasteiger partial charge in [-0.15, -0.1) is 0 Å². The van der Waals surface area contributed by atoms with Crippen molar-refractivity contribution >= 4 is 11.8 Å². The number of benzene rings is 1. The lowest BCUT2D eigenvalue weighted by molar-refractivity contribution is -0.152. The lowest BCUT2D eigenvalue weighted by Crippen LogP contribution is -2.38. The van der Waals surface area contributed by atoms with Crippen LogP contribution in [0, 0.1) is 5.92 Å². The molecule has 0 saturated heterocycles. The van der Waals surface area contributed by atoms with E-state index in [1.807, 2.05) is 0 Å². The zero-order chi connectivity index (χ0) is 12.9. The highest BCUT2D eigenvalue weighted by Gasteiger charge is 2.70. The van der Waals surface area contributed by atoms with Crippen LogP contribution in [0.4, 0.5) is 0 Å². The molecule has 94 valence electrons. The fraction of sp³-hybridized carbons (Fsp3) is 0.385. The van der Waals surface area contributed by atoms with Gasteiger partial charge in [0.25, 0.3) is 0 Å². The molecule has 2 unspecified atom stereocenters. The Morgan fingerprint density at radius 2 is 2.22 bits per heavy atom. The second-order valence-electron chi connectivity index (χ2n) is 4.47. The molecule has 1 heterocycles. The van der Waals surface area contributed by atoms with Crippen molar-refractivity contribution in [1.29, 1.82) is 0 Å². The summed E-state index contributed by atoms with van der Waals surface area (Å²) in [6.45, 7) is 0. The monoisotopic (exact) mass is 248 g/mol. The van der Waals surface area contributed by atoms with Gasteiger partial charge in [-0.05, 0) is 12.1 Å². The summed E-state index contributed by atoms with van der Waals surface area (Å²) in [5, 5.41) is 0. The maximum atomic E-state index is 12.2. The number of carbonyl (C=O) groups is 2. The lowest BCUT2D eigenvalue weighted by Gasteiger charge is -2.23. The molecule has 3 rings (SSSR count). The number of carbonyl (C=O) groups excluding carboxylic acids is 2. The fourth-order valence-electron chi connectivity index (χ4n) is 2.40. The third kappa shape index (κ3) is 1.27. The summed E-state index contributed by atoms with van der Waals surface area (Å²) in [4.78, 5) is 23.9. The number of hydrogen-bond donors (Lipinski definition) is 0. The average molecular weight is 248 g/mol. The molecule has 1 fully saturated rings. The van der Waals surface area contributed by atoms with Crippen molar-refractivity contribution in [2.24, 2.45) is 5.92 Å². The Bertz CT molecular complexity index is 550. The van der Waals surface area contributed by atoms with E-state index in [1.54, 1.807) is 18.2 Å². The molecular formula is C13H12O5. The van der Waals surface area contributed by atoms with Gasteiger partial charge in [0.1, 0.15) is 11.5 Å². The Kier molecular flexibility index (Phi) is 2.14. The quantitative estimate of drug-likeness (QED) is 0.736. The van der Waals surface area contributed by atoms with Gasteiger partial charge >= 0.3 is 5.97 Å². The van der Waals surface area contributed by atoms with Gasteiger partial charge in [-0.2, -0.15) is 0 Å². The van der Waals surface area contributed by atoms with Crippen LogP contribution in [0.25, 0.3) is 0 Å². The van der Waals surface area contributed by atoms with E-state index in [4.69, 9.17) is 14.2 Å². The first-order valence-corrected chi connectivity index (χ1v) is 5.62. The number of rotatable bonds is 2. The van der Waals surface area contributed by atoms with Crippen LogP contribution < -0.4 is 9.47 Å². The van der Waals surface area contributed by atoms with Crippen molar-refractivity contribution in [2.45, 2.75) is 12.0 Å². The molecule has 1 saturated carbocycles. The highest BCUT2D eigenvalue weighted by Crippen LogP contribution is 2.54. The first kappa shape index (κ1) is 11.1. The number of methoxy groups -OCH3 is 2. The second kappa shape index (κ2) is 3.48. The number of hydrogen-bond acceptors (Lipinski definition) is 5. The number of ketones is 1. The Morgan fingerprint density at radius 1 is 1.44 bits per heavy atom. The van der Waals surface area contributed by atoms with Gasteiger partial charge in [0.2, 0.25) is 5.60 Å². The first-order chi connectivity index (χ1) is 8.62. The van der Waals surface area contributed by atoms with E-state index in [-0.39, 0.29) is 5.78 Å². The van der Waals surface area contributed by atoms with E-state index in [9.17, 15) is 9.59 Å². The summed E-state index contributed by atoms with van der Waals surface area (Å²) in [6.07, 6.45) is 0.384. The molecule has 18 heavy (non-hydrogen) atoms. The van der Waals surface area contributed by atoms with Crippen molar-refractivity contribution in [3.63, 3.8) is 0 Å². The van der Waals surface area contributed by atoms with E-state index in [1.165, 1.54) is 14.2 Å². The molecule has 0 spiro atoms. The minimum atomic E-state index is -1.11. The molecule has 0 amide bonds. The summed E-state index contributed by atoms with van der Waals surface area (Å²) in [5.41, 5.74) is -0.608. The molecule has 0 aromatic heterocycles. The molecule has 1 aliphatic heterocycles. The van der Waals surface area contributed by atoms with Crippen LogP contribution >= 0.6 is 0 Å². The van der Waals surface area contributed by atoms with Crippen molar-refractivity contribution < 1.29 is 23.8 Å². The van der Waals surface area contributed by atoms with Crippen molar-refractivity contribution in [1.82, 2.24) is 0 Å². The van der Waals surface area contributed by atoms with Crippen LogP contribution in [0.1, 0.15) is 16.8 Å². The molecule has 0 bridgehead atoms. The third-order valence-electron chi connectivity index (χ3n) is 3.50. The van der Waals surface area contributed by atoms with Crippen molar-refractivity contribution in [3.05, 3.63) is 23.8 Å². The minimum Gasteiger partial charge on any atom is -0.497 e. The van der Waals surface area contributed by atoms with E-state index >= 15 is 0 Å². The molecule has 0 radical (unpaired) electrons. The smallest absolute Gasteiger partial charge is 0.351 e. The predicted molar refractivity (Wildman–Crippen MR) is 60.8 cm³/mol. The second-order valence-corrected chi connectivity index (χ2v) is 4.47. The highest BCUT2D eigenvalue weighted by molar-refractivity contribution is 6.09. The predicted octanol–water partition coefficient (Wildman–Crippen LogP) is 1.20. The maximum absolute atomic E-state index is 12.2. The van der Waals surface area contributed by atoms with Gasteiger partial charge in [-0.25, -0.2) is 4.79 Å². The Balaban J connectivity index is 2.03. The van der Waals surface area contributed by atoms with Gasteiger partial charge in [0, 0.05) is 12.5 Å². The first-order valence-electron chi connectivity index (χ1n) is 5.62. The Labute approximate surface area is 104 Å². The molecule has 1 aromatic rings.